The Bertz CT molecular complexity index is 208. The van der Waals surface area contributed by atoms with Gasteiger partial charge in [0.1, 0.15) is 0 Å². The van der Waals surface area contributed by atoms with Crippen LogP contribution in [0.5, 0.6) is 0 Å². The smallest absolute Gasteiger partial charge is 0.331 e. The number of carboxylic acid groups (broad SMARTS) is 1. The van der Waals surface area contributed by atoms with Crippen molar-refractivity contribution in [1.29, 1.82) is 0 Å². The summed E-state index contributed by atoms with van der Waals surface area (Å²) in [7, 11) is 0. The number of carbonyl (C=O) groups is 1. The second-order valence-electron chi connectivity index (χ2n) is 2.95. The average molecular weight is 202 g/mol. The van der Waals surface area contributed by atoms with Crippen molar-refractivity contribution in [2.45, 2.75) is 26.7 Å². The summed E-state index contributed by atoms with van der Waals surface area (Å²) >= 11 is 0. The molecule has 0 unspecified atom stereocenters. The molecule has 0 bridgehead atoms. The maximum absolute atomic E-state index is 10.7. The Morgan fingerprint density at radius 1 is 1.36 bits per heavy atom. The van der Waals surface area contributed by atoms with Gasteiger partial charge in [0, 0.05) is 18.8 Å². The minimum absolute atomic E-state index is 0.0217. The van der Waals surface area contributed by atoms with E-state index in [0.717, 1.165) is 5.57 Å². The standard InChI is InChI=1S/C10H18O4/c1-3-14-7-5-9(4-6-11)8(2)10(12)13/h11H,3-7H2,1-2H3,(H,12,13). The normalized spacial score (nSPS) is 12.5. The fourth-order valence-electron chi connectivity index (χ4n) is 1.13. The van der Waals surface area contributed by atoms with Gasteiger partial charge in [-0.3, -0.25) is 0 Å². The molecule has 0 aliphatic carbocycles. The zero-order valence-corrected chi connectivity index (χ0v) is 8.75. The molecule has 4 heteroatoms. The summed E-state index contributed by atoms with van der Waals surface area (Å²) in [5, 5.41) is 17.5. The van der Waals surface area contributed by atoms with Crippen LogP contribution in [0.2, 0.25) is 0 Å². The highest BCUT2D eigenvalue weighted by Gasteiger charge is 2.08. The third-order valence-electron chi connectivity index (χ3n) is 2.02. The number of carboxylic acids is 1. The number of aliphatic hydroxyl groups excluding tert-OH is 1. The number of hydrogen-bond donors (Lipinski definition) is 2. The quantitative estimate of drug-likeness (QED) is 0.481. The van der Waals surface area contributed by atoms with Gasteiger partial charge in [-0.1, -0.05) is 5.57 Å². The van der Waals surface area contributed by atoms with E-state index in [2.05, 4.69) is 0 Å². The Kier molecular flexibility index (Phi) is 7.06. The van der Waals surface area contributed by atoms with Gasteiger partial charge in [0.25, 0.3) is 0 Å². The van der Waals surface area contributed by atoms with Gasteiger partial charge in [-0.25, -0.2) is 4.79 Å². The van der Waals surface area contributed by atoms with Crippen LogP contribution in [0.15, 0.2) is 11.1 Å². The molecule has 0 atom stereocenters. The van der Waals surface area contributed by atoms with E-state index in [0.29, 0.717) is 31.6 Å². The molecule has 4 nitrogen and oxygen atoms in total. The fraction of sp³-hybridized carbons (Fsp3) is 0.700. The SMILES string of the molecule is CCOCCC(CCO)=C(C)C(=O)O. The Hall–Kier alpha value is -0.870. The average Bonchev–Trinajstić information content (AvgIpc) is 2.15. The molecule has 0 rings (SSSR count). The molecule has 0 aliphatic heterocycles. The van der Waals surface area contributed by atoms with Crippen LogP contribution in [0.25, 0.3) is 0 Å². The van der Waals surface area contributed by atoms with Crippen LogP contribution in [-0.4, -0.2) is 36.0 Å². The highest BCUT2D eigenvalue weighted by atomic mass is 16.5. The Labute approximate surface area is 84.2 Å². The van der Waals surface area contributed by atoms with Gasteiger partial charge < -0.3 is 14.9 Å². The van der Waals surface area contributed by atoms with Crippen LogP contribution < -0.4 is 0 Å². The van der Waals surface area contributed by atoms with Gasteiger partial charge in [-0.15, -0.1) is 0 Å². The highest BCUT2D eigenvalue weighted by Crippen LogP contribution is 2.13. The number of hydrogen-bond acceptors (Lipinski definition) is 3. The molecule has 0 saturated carbocycles. The molecular weight excluding hydrogens is 184 g/mol. The van der Waals surface area contributed by atoms with Gasteiger partial charge >= 0.3 is 5.97 Å². The van der Waals surface area contributed by atoms with Crippen molar-refractivity contribution >= 4 is 5.97 Å². The molecule has 0 heterocycles. The zero-order valence-electron chi connectivity index (χ0n) is 8.75. The van der Waals surface area contributed by atoms with Crippen LogP contribution in [0.1, 0.15) is 26.7 Å². The molecule has 14 heavy (non-hydrogen) atoms. The summed E-state index contributed by atoms with van der Waals surface area (Å²) in [4.78, 5) is 10.7. The van der Waals surface area contributed by atoms with E-state index < -0.39 is 5.97 Å². The summed E-state index contributed by atoms with van der Waals surface area (Å²) in [6.07, 6.45) is 0.984. The lowest BCUT2D eigenvalue weighted by molar-refractivity contribution is -0.132. The number of rotatable bonds is 7. The van der Waals surface area contributed by atoms with Gasteiger partial charge in [-0.2, -0.15) is 0 Å². The van der Waals surface area contributed by atoms with Crippen molar-refractivity contribution in [2.24, 2.45) is 0 Å². The van der Waals surface area contributed by atoms with Crippen molar-refractivity contribution in [2.75, 3.05) is 19.8 Å². The molecule has 0 spiro atoms. The van der Waals surface area contributed by atoms with E-state index >= 15 is 0 Å². The molecule has 0 aromatic carbocycles. The minimum Gasteiger partial charge on any atom is -0.478 e. The van der Waals surface area contributed by atoms with Gasteiger partial charge in [-0.05, 0) is 26.7 Å². The van der Waals surface area contributed by atoms with Crippen molar-refractivity contribution in [1.82, 2.24) is 0 Å². The molecule has 0 radical (unpaired) electrons. The van der Waals surface area contributed by atoms with Crippen molar-refractivity contribution in [3.63, 3.8) is 0 Å². The first-order valence-electron chi connectivity index (χ1n) is 4.74. The van der Waals surface area contributed by atoms with Gasteiger partial charge in [0.15, 0.2) is 0 Å². The van der Waals surface area contributed by atoms with E-state index in [-0.39, 0.29) is 6.61 Å². The topological polar surface area (TPSA) is 66.8 Å². The second-order valence-corrected chi connectivity index (χ2v) is 2.95. The number of aliphatic carboxylic acids is 1. The summed E-state index contributed by atoms with van der Waals surface area (Å²) in [5.74, 6) is -0.926. The molecular formula is C10H18O4. The number of ether oxygens (including phenoxy) is 1. The Morgan fingerprint density at radius 2 is 2.00 bits per heavy atom. The van der Waals surface area contributed by atoms with Crippen molar-refractivity contribution < 1.29 is 19.7 Å². The van der Waals surface area contributed by atoms with E-state index in [1.54, 1.807) is 6.92 Å². The fourth-order valence-corrected chi connectivity index (χ4v) is 1.13. The molecule has 82 valence electrons. The first-order chi connectivity index (χ1) is 6.63. The third kappa shape index (κ3) is 4.99. The van der Waals surface area contributed by atoms with Crippen molar-refractivity contribution in [3.8, 4) is 0 Å². The van der Waals surface area contributed by atoms with Crippen LogP contribution in [-0.2, 0) is 9.53 Å². The van der Waals surface area contributed by atoms with Crippen LogP contribution in [0, 0.1) is 0 Å². The van der Waals surface area contributed by atoms with E-state index in [1.165, 1.54) is 0 Å². The summed E-state index contributed by atoms with van der Waals surface area (Å²) in [5.41, 5.74) is 1.08. The first kappa shape index (κ1) is 13.1. The van der Waals surface area contributed by atoms with Gasteiger partial charge in [0.05, 0.1) is 6.61 Å². The first-order valence-corrected chi connectivity index (χ1v) is 4.74. The molecule has 0 saturated heterocycles. The van der Waals surface area contributed by atoms with E-state index in [9.17, 15) is 4.79 Å². The monoisotopic (exact) mass is 202 g/mol. The second kappa shape index (κ2) is 7.53. The lowest BCUT2D eigenvalue weighted by atomic mass is 10.0. The maximum Gasteiger partial charge on any atom is 0.331 e. The zero-order chi connectivity index (χ0) is 11.0. The summed E-state index contributed by atoms with van der Waals surface area (Å²) in [6, 6.07) is 0. The summed E-state index contributed by atoms with van der Waals surface area (Å²) < 4.78 is 5.13. The Morgan fingerprint density at radius 3 is 2.43 bits per heavy atom. The van der Waals surface area contributed by atoms with Crippen molar-refractivity contribution in [3.05, 3.63) is 11.1 Å². The summed E-state index contributed by atoms with van der Waals surface area (Å²) in [6.45, 7) is 4.56. The molecule has 0 aliphatic rings. The Balaban J connectivity index is 4.27. The van der Waals surface area contributed by atoms with E-state index in [1.807, 2.05) is 6.92 Å². The van der Waals surface area contributed by atoms with Crippen LogP contribution in [0.4, 0.5) is 0 Å². The maximum atomic E-state index is 10.7. The molecule has 0 aromatic rings. The molecule has 2 N–H and O–H groups in total. The third-order valence-corrected chi connectivity index (χ3v) is 2.02. The lowest BCUT2D eigenvalue weighted by Gasteiger charge is -2.08. The van der Waals surface area contributed by atoms with Gasteiger partial charge in [0.2, 0.25) is 0 Å². The predicted molar refractivity (Wildman–Crippen MR) is 53.1 cm³/mol. The van der Waals surface area contributed by atoms with Crippen LogP contribution >= 0.6 is 0 Å². The van der Waals surface area contributed by atoms with Crippen LogP contribution in [0.3, 0.4) is 0 Å². The number of aliphatic hydroxyl groups is 1. The largest absolute Gasteiger partial charge is 0.478 e. The molecule has 0 aromatic heterocycles. The van der Waals surface area contributed by atoms with E-state index in [4.69, 9.17) is 14.9 Å². The highest BCUT2D eigenvalue weighted by molar-refractivity contribution is 5.86. The predicted octanol–water partition coefficient (Wildman–Crippen LogP) is 1.20. The minimum atomic E-state index is -0.926. The molecule has 0 fully saturated rings. The lowest BCUT2D eigenvalue weighted by Crippen LogP contribution is -2.05. The molecule has 0 amide bonds.